The molecule has 0 heterocycles. The number of hydrogen-bond donors (Lipinski definition) is 0. The minimum atomic E-state index is -0.879. The van der Waals surface area contributed by atoms with Gasteiger partial charge in [0.1, 0.15) is 6.61 Å². The first kappa shape index (κ1) is 11.3. The molecule has 0 unspecified atom stereocenters. The molecular formula is C5H9O6P. The molecule has 0 aromatic heterocycles. The molecule has 70 valence electrons. The van der Waals surface area contributed by atoms with Crippen molar-refractivity contribution in [3.8, 4) is 0 Å². The third kappa shape index (κ3) is 7.40. The van der Waals surface area contributed by atoms with Crippen LogP contribution in [0.2, 0.25) is 0 Å². The molecule has 6 nitrogen and oxygen atoms in total. The Balaban J connectivity index is 3.15. The predicted molar refractivity (Wildman–Crippen MR) is 37.9 cm³/mol. The fourth-order valence-corrected chi connectivity index (χ4v) is 0.442. The van der Waals surface area contributed by atoms with Crippen LogP contribution in [0, 0.1) is 0 Å². The summed E-state index contributed by atoms with van der Waals surface area (Å²) in [5.74, 6) is 0. The van der Waals surface area contributed by atoms with E-state index in [2.05, 4.69) is 18.7 Å². The zero-order valence-electron chi connectivity index (χ0n) is 6.52. The third-order valence-corrected chi connectivity index (χ3v) is 1.00. The second-order valence-electron chi connectivity index (χ2n) is 1.56. The Kier molecular flexibility index (Phi) is 7.89. The van der Waals surface area contributed by atoms with E-state index in [-0.39, 0.29) is 6.61 Å². The molecule has 0 aromatic carbocycles. The molecule has 0 aromatic rings. The highest BCUT2D eigenvalue weighted by Gasteiger charge is 2.01. The SMILES string of the molecule is COCCOC(=O)OCOP=O. The van der Waals surface area contributed by atoms with Gasteiger partial charge in [0.2, 0.25) is 6.79 Å². The zero-order chi connectivity index (χ0) is 9.23. The van der Waals surface area contributed by atoms with E-state index in [1.54, 1.807) is 0 Å². The maximum absolute atomic E-state index is 10.5. The van der Waals surface area contributed by atoms with Crippen LogP contribution in [0.25, 0.3) is 0 Å². The van der Waals surface area contributed by atoms with Gasteiger partial charge in [-0.3, -0.25) is 4.52 Å². The molecule has 0 N–H and O–H groups in total. The zero-order valence-corrected chi connectivity index (χ0v) is 7.41. The summed E-state index contributed by atoms with van der Waals surface area (Å²) in [5.41, 5.74) is 0. The molecule has 0 saturated carbocycles. The molecule has 0 aliphatic rings. The van der Waals surface area contributed by atoms with Gasteiger partial charge in [0, 0.05) is 7.11 Å². The summed E-state index contributed by atoms with van der Waals surface area (Å²) in [6, 6.07) is 0. The van der Waals surface area contributed by atoms with Crippen molar-refractivity contribution >= 4 is 14.8 Å². The van der Waals surface area contributed by atoms with E-state index in [1.807, 2.05) is 0 Å². The van der Waals surface area contributed by atoms with Gasteiger partial charge >= 0.3 is 14.8 Å². The lowest BCUT2D eigenvalue weighted by Gasteiger charge is -2.02. The quantitative estimate of drug-likeness (QED) is 0.273. The number of hydrogen-bond acceptors (Lipinski definition) is 6. The van der Waals surface area contributed by atoms with Crippen LogP contribution in [0.4, 0.5) is 4.79 Å². The number of ether oxygens (including phenoxy) is 3. The van der Waals surface area contributed by atoms with E-state index in [1.165, 1.54) is 7.11 Å². The highest BCUT2D eigenvalue weighted by molar-refractivity contribution is 7.17. The van der Waals surface area contributed by atoms with Gasteiger partial charge < -0.3 is 14.2 Å². The number of carbonyl (C=O) groups is 1. The van der Waals surface area contributed by atoms with E-state index in [0.29, 0.717) is 6.61 Å². The van der Waals surface area contributed by atoms with Crippen LogP contribution in [-0.2, 0) is 23.3 Å². The molecule has 7 heteroatoms. The molecule has 0 amide bonds. The van der Waals surface area contributed by atoms with Crippen molar-refractivity contribution in [2.75, 3.05) is 27.1 Å². The van der Waals surface area contributed by atoms with Crippen molar-refractivity contribution < 1.29 is 28.1 Å². The van der Waals surface area contributed by atoms with Crippen LogP contribution >= 0.6 is 8.69 Å². The summed E-state index contributed by atoms with van der Waals surface area (Å²) < 4.78 is 27.2. The van der Waals surface area contributed by atoms with Gasteiger partial charge in [-0.2, -0.15) is 0 Å². The first-order valence-corrected chi connectivity index (χ1v) is 3.77. The summed E-state index contributed by atoms with van der Waals surface area (Å²) >= 11 is 0. The molecule has 12 heavy (non-hydrogen) atoms. The number of rotatable bonds is 6. The Morgan fingerprint density at radius 2 is 2.08 bits per heavy atom. The number of methoxy groups -OCH3 is 1. The summed E-state index contributed by atoms with van der Waals surface area (Å²) in [6.07, 6.45) is -0.879. The Morgan fingerprint density at radius 1 is 1.33 bits per heavy atom. The third-order valence-electron chi connectivity index (χ3n) is 0.790. The van der Waals surface area contributed by atoms with Gasteiger partial charge in [-0.1, -0.05) is 0 Å². The summed E-state index contributed by atoms with van der Waals surface area (Å²) in [5, 5.41) is 0. The van der Waals surface area contributed by atoms with Crippen LogP contribution in [0.3, 0.4) is 0 Å². The van der Waals surface area contributed by atoms with Crippen LogP contribution < -0.4 is 0 Å². The van der Waals surface area contributed by atoms with Crippen molar-refractivity contribution in [3.63, 3.8) is 0 Å². The van der Waals surface area contributed by atoms with E-state index >= 15 is 0 Å². The van der Waals surface area contributed by atoms with Gasteiger partial charge in [0.25, 0.3) is 0 Å². The van der Waals surface area contributed by atoms with Crippen LogP contribution in [0.1, 0.15) is 0 Å². The van der Waals surface area contributed by atoms with Crippen molar-refractivity contribution in [2.24, 2.45) is 0 Å². The molecular weight excluding hydrogens is 187 g/mol. The number of carbonyl (C=O) groups excluding carboxylic acids is 1. The molecule has 0 bridgehead atoms. The fraction of sp³-hybridized carbons (Fsp3) is 0.800. The van der Waals surface area contributed by atoms with Crippen molar-refractivity contribution in [2.45, 2.75) is 0 Å². The Morgan fingerprint density at radius 3 is 2.67 bits per heavy atom. The average Bonchev–Trinajstić information content (AvgIpc) is 2.06. The molecule has 0 atom stereocenters. The molecule has 0 aliphatic heterocycles. The summed E-state index contributed by atoms with van der Waals surface area (Å²) in [7, 11) is 0.939. The fourth-order valence-electron chi connectivity index (χ4n) is 0.346. The maximum Gasteiger partial charge on any atom is 0.510 e. The van der Waals surface area contributed by atoms with E-state index in [4.69, 9.17) is 0 Å². The standard InChI is InChI=1S/C5H9O6P/c1-8-2-3-9-5(6)10-4-11-12-7/h2-4H2,1H3. The maximum atomic E-state index is 10.5. The van der Waals surface area contributed by atoms with Crippen LogP contribution in [0.15, 0.2) is 0 Å². The first-order chi connectivity index (χ1) is 5.81. The highest BCUT2D eigenvalue weighted by Crippen LogP contribution is 1.94. The van der Waals surface area contributed by atoms with Crippen LogP contribution in [0.5, 0.6) is 0 Å². The minimum Gasteiger partial charge on any atom is -0.432 e. The Bertz CT molecular complexity index is 138. The van der Waals surface area contributed by atoms with Crippen molar-refractivity contribution in [1.82, 2.24) is 0 Å². The molecule has 0 aliphatic carbocycles. The van der Waals surface area contributed by atoms with E-state index in [0.717, 1.165) is 0 Å². The van der Waals surface area contributed by atoms with Gasteiger partial charge in [-0.25, -0.2) is 9.36 Å². The van der Waals surface area contributed by atoms with Crippen molar-refractivity contribution in [3.05, 3.63) is 0 Å². The second kappa shape index (κ2) is 8.39. The van der Waals surface area contributed by atoms with Crippen molar-refractivity contribution in [1.29, 1.82) is 0 Å². The topological polar surface area (TPSA) is 71.1 Å². The Hall–Kier alpha value is -0.710. The van der Waals surface area contributed by atoms with Gasteiger partial charge in [-0.15, -0.1) is 0 Å². The smallest absolute Gasteiger partial charge is 0.432 e. The molecule has 0 saturated heterocycles. The predicted octanol–water partition coefficient (Wildman–Crippen LogP) is 0.967. The van der Waals surface area contributed by atoms with Crippen LogP contribution in [-0.4, -0.2) is 33.3 Å². The molecule has 0 fully saturated rings. The average molecular weight is 196 g/mol. The lowest BCUT2D eigenvalue weighted by molar-refractivity contribution is -0.000286. The van der Waals surface area contributed by atoms with Gasteiger partial charge in [-0.05, 0) is 0 Å². The molecule has 0 rings (SSSR count). The highest BCUT2D eigenvalue weighted by atomic mass is 31.1. The van der Waals surface area contributed by atoms with Gasteiger partial charge in [0.05, 0.1) is 6.61 Å². The lowest BCUT2D eigenvalue weighted by Crippen LogP contribution is -2.11. The van der Waals surface area contributed by atoms with E-state index < -0.39 is 21.6 Å². The monoisotopic (exact) mass is 196 g/mol. The van der Waals surface area contributed by atoms with E-state index in [9.17, 15) is 9.36 Å². The molecule has 0 spiro atoms. The lowest BCUT2D eigenvalue weighted by atomic mass is 10.8. The second-order valence-corrected chi connectivity index (χ2v) is 1.96. The summed E-state index contributed by atoms with van der Waals surface area (Å²) in [6.45, 7) is 0.0249. The molecule has 0 radical (unpaired) electrons. The Labute approximate surface area is 71.0 Å². The normalized spacial score (nSPS) is 9.75. The van der Waals surface area contributed by atoms with Gasteiger partial charge in [0.15, 0.2) is 0 Å². The largest absolute Gasteiger partial charge is 0.510 e. The first-order valence-electron chi connectivity index (χ1n) is 3.04. The summed E-state index contributed by atoms with van der Waals surface area (Å²) in [4.78, 5) is 10.5. The minimum absolute atomic E-state index is 0.115.